The topological polar surface area (TPSA) is 82.2 Å². The lowest BCUT2D eigenvalue weighted by Crippen LogP contribution is -2.28. The second-order valence-electron chi connectivity index (χ2n) is 6.66. The van der Waals surface area contributed by atoms with Crippen LogP contribution < -0.4 is 10.1 Å². The zero-order chi connectivity index (χ0) is 19.8. The molecular formula is C21H20N4O3. The maximum Gasteiger partial charge on any atom is 0.317 e. The fourth-order valence-corrected chi connectivity index (χ4v) is 3.69. The maximum absolute atomic E-state index is 12.0. The molecule has 0 amide bonds. The van der Waals surface area contributed by atoms with Crippen LogP contribution in [0.3, 0.4) is 0 Å². The molecule has 1 unspecified atom stereocenters. The Labute approximate surface area is 162 Å². The van der Waals surface area contributed by atoms with Gasteiger partial charge in [-0.05, 0) is 37.1 Å². The monoisotopic (exact) mass is 376 g/mol. The number of fused-ring (bicyclic) bond motifs is 1. The van der Waals surface area contributed by atoms with Crippen molar-refractivity contribution in [3.05, 3.63) is 98.7 Å². The first-order valence-electron chi connectivity index (χ1n) is 8.97. The average Bonchev–Trinajstić information content (AvgIpc) is 3.04. The van der Waals surface area contributed by atoms with E-state index in [1.165, 1.54) is 0 Å². The van der Waals surface area contributed by atoms with Crippen LogP contribution in [0.2, 0.25) is 0 Å². The minimum Gasteiger partial charge on any atom is -0.416 e. The molecule has 1 N–H and O–H groups in total. The lowest BCUT2D eigenvalue weighted by atomic mass is 9.85. The van der Waals surface area contributed by atoms with Crippen molar-refractivity contribution >= 4 is 0 Å². The van der Waals surface area contributed by atoms with Gasteiger partial charge in [-0.2, -0.15) is 5.10 Å². The summed E-state index contributed by atoms with van der Waals surface area (Å²) in [5.41, 5.74) is 4.06. The molecule has 2 aromatic carbocycles. The molecule has 1 aliphatic heterocycles. The van der Waals surface area contributed by atoms with Gasteiger partial charge >= 0.3 is 5.70 Å². The van der Waals surface area contributed by atoms with Crippen LogP contribution in [0.1, 0.15) is 28.3 Å². The molecule has 28 heavy (non-hydrogen) atoms. The summed E-state index contributed by atoms with van der Waals surface area (Å²) in [6.45, 7) is 3.81. The largest absolute Gasteiger partial charge is 0.416 e. The number of nitrogens with one attached hydrogen (secondary N) is 1. The minimum atomic E-state index is -0.583. The highest BCUT2D eigenvalue weighted by atomic mass is 16.6. The molecule has 1 aliphatic rings. The third kappa shape index (κ3) is 2.72. The first-order chi connectivity index (χ1) is 13.5. The number of allylic oxidation sites excluding steroid dienone is 1. The molecule has 3 aromatic rings. The van der Waals surface area contributed by atoms with Gasteiger partial charge < -0.3 is 10.1 Å². The predicted octanol–water partition coefficient (Wildman–Crippen LogP) is 3.68. The van der Waals surface area contributed by atoms with Crippen molar-refractivity contribution in [3.8, 4) is 11.6 Å². The highest BCUT2D eigenvalue weighted by Gasteiger charge is 2.43. The Morgan fingerprint density at radius 3 is 2.43 bits per heavy atom. The number of hydrogen-bond donors (Lipinski definition) is 1. The summed E-state index contributed by atoms with van der Waals surface area (Å²) in [4.78, 5) is 11.6. The van der Waals surface area contributed by atoms with Gasteiger partial charge in [0.1, 0.15) is 5.92 Å². The lowest BCUT2D eigenvalue weighted by Gasteiger charge is -2.25. The third-order valence-corrected chi connectivity index (χ3v) is 4.98. The molecule has 1 aromatic heterocycles. The predicted molar refractivity (Wildman–Crippen MR) is 105 cm³/mol. The summed E-state index contributed by atoms with van der Waals surface area (Å²) in [6.07, 6.45) is 0. The van der Waals surface area contributed by atoms with E-state index in [4.69, 9.17) is 4.74 Å². The van der Waals surface area contributed by atoms with Gasteiger partial charge in [0.05, 0.1) is 21.9 Å². The number of rotatable bonds is 4. The average molecular weight is 376 g/mol. The van der Waals surface area contributed by atoms with Gasteiger partial charge in [0.25, 0.3) is 5.88 Å². The molecule has 0 saturated heterocycles. The summed E-state index contributed by atoms with van der Waals surface area (Å²) >= 11 is 0. The Morgan fingerprint density at radius 2 is 1.79 bits per heavy atom. The zero-order valence-corrected chi connectivity index (χ0v) is 15.8. The highest BCUT2D eigenvalue weighted by molar-refractivity contribution is 5.54. The third-order valence-electron chi connectivity index (χ3n) is 4.98. The van der Waals surface area contributed by atoms with Crippen molar-refractivity contribution in [2.75, 3.05) is 7.05 Å². The number of benzene rings is 2. The molecule has 0 spiro atoms. The van der Waals surface area contributed by atoms with E-state index in [9.17, 15) is 10.1 Å². The summed E-state index contributed by atoms with van der Waals surface area (Å²) in [5, 5.41) is 19.5. The SMILES string of the molecule is CNC1=C([N+](=O)[O-])C(c2ccccc2C)c2c(C)nn(-c3ccccc3)c2O1. The van der Waals surface area contributed by atoms with E-state index in [-0.39, 0.29) is 16.5 Å². The number of nitro groups is 1. The summed E-state index contributed by atoms with van der Waals surface area (Å²) < 4.78 is 7.68. The molecule has 0 radical (unpaired) electrons. The number of ether oxygens (including phenoxy) is 1. The Balaban J connectivity index is 2.02. The summed E-state index contributed by atoms with van der Waals surface area (Å²) in [6, 6.07) is 17.3. The van der Waals surface area contributed by atoms with Gasteiger partial charge in [0.15, 0.2) is 0 Å². The van der Waals surface area contributed by atoms with Crippen LogP contribution in [0.15, 0.2) is 66.2 Å². The first kappa shape index (κ1) is 17.8. The van der Waals surface area contributed by atoms with E-state index in [1.54, 1.807) is 11.7 Å². The van der Waals surface area contributed by atoms with Crippen molar-refractivity contribution < 1.29 is 9.66 Å². The van der Waals surface area contributed by atoms with Crippen LogP contribution in [0.25, 0.3) is 5.69 Å². The van der Waals surface area contributed by atoms with Crippen LogP contribution in [-0.4, -0.2) is 21.8 Å². The molecule has 4 rings (SSSR count). The quantitative estimate of drug-likeness (QED) is 0.555. The second kappa shape index (κ2) is 6.84. The lowest BCUT2D eigenvalue weighted by molar-refractivity contribution is -0.433. The molecule has 142 valence electrons. The molecule has 1 atom stereocenters. The Hall–Kier alpha value is -3.61. The van der Waals surface area contributed by atoms with E-state index in [1.807, 2.05) is 68.4 Å². The maximum atomic E-state index is 12.0. The number of aryl methyl sites for hydroxylation is 2. The smallest absolute Gasteiger partial charge is 0.317 e. The second-order valence-corrected chi connectivity index (χ2v) is 6.66. The number of para-hydroxylation sites is 1. The summed E-state index contributed by atoms with van der Waals surface area (Å²) in [7, 11) is 1.62. The van der Waals surface area contributed by atoms with Crippen molar-refractivity contribution in [1.29, 1.82) is 0 Å². The van der Waals surface area contributed by atoms with Gasteiger partial charge in [-0.1, -0.05) is 42.5 Å². The van der Waals surface area contributed by atoms with Gasteiger partial charge in [-0.3, -0.25) is 10.1 Å². The Kier molecular flexibility index (Phi) is 4.35. The van der Waals surface area contributed by atoms with E-state index < -0.39 is 5.92 Å². The van der Waals surface area contributed by atoms with Crippen molar-refractivity contribution in [1.82, 2.24) is 15.1 Å². The number of aromatic nitrogens is 2. The van der Waals surface area contributed by atoms with Gasteiger partial charge in [0, 0.05) is 7.05 Å². The highest BCUT2D eigenvalue weighted by Crippen LogP contribution is 2.46. The van der Waals surface area contributed by atoms with Gasteiger partial charge in [-0.15, -0.1) is 0 Å². The number of nitrogens with zero attached hydrogens (tertiary/aromatic N) is 3. The van der Waals surface area contributed by atoms with Crippen LogP contribution in [0.5, 0.6) is 5.88 Å². The molecule has 7 heteroatoms. The van der Waals surface area contributed by atoms with Crippen LogP contribution in [-0.2, 0) is 0 Å². The van der Waals surface area contributed by atoms with Gasteiger partial charge in [0.2, 0.25) is 5.88 Å². The van der Waals surface area contributed by atoms with E-state index >= 15 is 0 Å². The van der Waals surface area contributed by atoms with Crippen LogP contribution >= 0.6 is 0 Å². The Morgan fingerprint density at radius 1 is 1.11 bits per heavy atom. The van der Waals surface area contributed by atoms with Crippen LogP contribution in [0, 0.1) is 24.0 Å². The summed E-state index contributed by atoms with van der Waals surface area (Å²) in [5.74, 6) is 0.0367. The standard InChI is InChI=1S/C21H20N4O3/c1-13-9-7-8-12-16(13)18-17-14(2)23-24(15-10-5-4-6-11-15)21(17)28-20(22-3)19(18)25(26)27/h4-12,18,22H,1-3H3. The molecule has 0 fully saturated rings. The normalized spacial score (nSPS) is 15.8. The molecule has 0 saturated carbocycles. The molecule has 2 heterocycles. The molecular weight excluding hydrogens is 356 g/mol. The first-order valence-corrected chi connectivity index (χ1v) is 8.97. The van der Waals surface area contributed by atoms with Crippen LogP contribution in [0.4, 0.5) is 0 Å². The van der Waals surface area contributed by atoms with E-state index in [2.05, 4.69) is 10.4 Å². The molecule has 0 aliphatic carbocycles. The van der Waals surface area contributed by atoms with Crippen molar-refractivity contribution in [2.24, 2.45) is 0 Å². The van der Waals surface area contributed by atoms with E-state index in [0.29, 0.717) is 17.1 Å². The molecule has 0 bridgehead atoms. The van der Waals surface area contributed by atoms with Crippen molar-refractivity contribution in [2.45, 2.75) is 19.8 Å². The van der Waals surface area contributed by atoms with Crippen molar-refractivity contribution in [3.63, 3.8) is 0 Å². The minimum absolute atomic E-state index is 0.0139. The molecule has 7 nitrogen and oxygen atoms in total. The zero-order valence-electron chi connectivity index (χ0n) is 15.8. The Bertz CT molecular complexity index is 1090. The van der Waals surface area contributed by atoms with E-state index in [0.717, 1.165) is 16.8 Å². The fraction of sp³-hybridized carbons (Fsp3) is 0.190. The number of hydrogen-bond acceptors (Lipinski definition) is 5. The van der Waals surface area contributed by atoms with Gasteiger partial charge in [-0.25, -0.2) is 4.68 Å². The fourth-order valence-electron chi connectivity index (χ4n) is 3.69.